The number of thiazole rings is 1. The molecule has 2 aromatic carbocycles. The Morgan fingerprint density at radius 1 is 1.23 bits per heavy atom. The van der Waals surface area contributed by atoms with Gasteiger partial charge in [0.1, 0.15) is 33.7 Å². The Kier molecular flexibility index (Phi) is 6.60. The van der Waals surface area contributed by atoms with E-state index in [9.17, 15) is 14.9 Å². The molecular formula is C23H20N2O4S. The van der Waals surface area contributed by atoms with Crippen molar-refractivity contribution in [1.82, 2.24) is 4.98 Å². The number of aldehydes is 1. The van der Waals surface area contributed by atoms with Crippen LogP contribution in [0.3, 0.4) is 0 Å². The van der Waals surface area contributed by atoms with Crippen LogP contribution in [0.15, 0.2) is 42.5 Å². The molecule has 6 nitrogen and oxygen atoms in total. The molecule has 1 heterocycles. The summed E-state index contributed by atoms with van der Waals surface area (Å²) in [6.45, 7) is 6.33. The number of rotatable bonds is 7. The van der Waals surface area contributed by atoms with E-state index in [2.05, 4.69) is 11.1 Å². The first-order valence-electron chi connectivity index (χ1n) is 9.33. The van der Waals surface area contributed by atoms with Crippen LogP contribution in [0.4, 0.5) is 0 Å². The molecule has 3 rings (SSSR count). The van der Waals surface area contributed by atoms with Gasteiger partial charge in [0.15, 0.2) is 0 Å². The van der Waals surface area contributed by atoms with Crippen molar-refractivity contribution in [1.29, 1.82) is 5.26 Å². The Bertz CT molecular complexity index is 1110. The van der Waals surface area contributed by atoms with Crippen LogP contribution >= 0.6 is 11.3 Å². The predicted octanol–water partition coefficient (Wildman–Crippen LogP) is 5.06. The smallest absolute Gasteiger partial charge is 0.355 e. The minimum Gasteiger partial charge on any atom is -0.492 e. The number of aryl methyl sites for hydroxylation is 1. The van der Waals surface area contributed by atoms with Gasteiger partial charge in [-0.25, -0.2) is 9.78 Å². The highest BCUT2D eigenvalue weighted by Crippen LogP contribution is 2.32. The zero-order valence-electron chi connectivity index (χ0n) is 16.8. The van der Waals surface area contributed by atoms with Gasteiger partial charge in [-0.1, -0.05) is 13.8 Å². The Morgan fingerprint density at radius 3 is 2.60 bits per heavy atom. The zero-order chi connectivity index (χ0) is 21.7. The van der Waals surface area contributed by atoms with E-state index < -0.39 is 5.97 Å². The van der Waals surface area contributed by atoms with Gasteiger partial charge in [0.05, 0.1) is 17.9 Å². The molecule has 7 heteroatoms. The molecule has 0 atom stereocenters. The molecule has 30 heavy (non-hydrogen) atoms. The fourth-order valence-corrected chi connectivity index (χ4v) is 3.55. The second kappa shape index (κ2) is 9.33. The van der Waals surface area contributed by atoms with Crippen molar-refractivity contribution in [3.05, 3.63) is 64.2 Å². The number of aromatic nitrogens is 1. The summed E-state index contributed by atoms with van der Waals surface area (Å²) in [7, 11) is 0. The van der Waals surface area contributed by atoms with Crippen molar-refractivity contribution in [3.8, 4) is 28.1 Å². The Balaban J connectivity index is 1.81. The first kappa shape index (κ1) is 21.2. The zero-order valence-corrected chi connectivity index (χ0v) is 17.7. The summed E-state index contributed by atoms with van der Waals surface area (Å²) >= 11 is 1.20. The normalized spacial score (nSPS) is 10.5. The lowest BCUT2D eigenvalue weighted by molar-refractivity contribution is 0.0739. The second-order valence-corrected chi connectivity index (χ2v) is 8.04. The van der Waals surface area contributed by atoms with Gasteiger partial charge in [-0.2, -0.15) is 5.26 Å². The molecule has 3 aromatic rings. The first-order chi connectivity index (χ1) is 14.4. The van der Waals surface area contributed by atoms with E-state index in [4.69, 9.17) is 9.47 Å². The molecule has 0 radical (unpaired) electrons. The maximum Gasteiger partial charge on any atom is 0.355 e. The number of nitrogens with zero attached hydrogens (tertiary/aromatic N) is 2. The Morgan fingerprint density at radius 2 is 1.97 bits per heavy atom. The standard InChI is InChI=1S/C23H20N2O4S/c1-14(2)13-28-20-9-6-17(10-18(20)11-24)22-25-15(3)21(30-22)23(27)29-19-7-4-16(12-26)5-8-19/h4-10,12,14H,13H2,1-3H3. The minimum absolute atomic E-state index is 0.346. The number of carbonyl (C=O) groups excluding carboxylic acids is 2. The molecule has 0 saturated carbocycles. The van der Waals surface area contributed by atoms with Crippen molar-refractivity contribution in [2.24, 2.45) is 5.92 Å². The lowest BCUT2D eigenvalue weighted by Gasteiger charge is -2.10. The fourth-order valence-electron chi connectivity index (χ4n) is 2.61. The van der Waals surface area contributed by atoms with E-state index in [0.29, 0.717) is 50.7 Å². The summed E-state index contributed by atoms with van der Waals surface area (Å²) in [6.07, 6.45) is 0.722. The van der Waals surface area contributed by atoms with Gasteiger partial charge in [-0.15, -0.1) is 11.3 Å². The van der Waals surface area contributed by atoms with Gasteiger partial charge in [0.2, 0.25) is 0 Å². The van der Waals surface area contributed by atoms with Crippen molar-refractivity contribution in [3.63, 3.8) is 0 Å². The topological polar surface area (TPSA) is 89.3 Å². The van der Waals surface area contributed by atoms with Gasteiger partial charge in [0.25, 0.3) is 0 Å². The molecule has 1 aromatic heterocycles. The summed E-state index contributed by atoms with van der Waals surface area (Å²) in [5.41, 5.74) is 2.19. The molecule has 0 saturated heterocycles. The highest BCUT2D eigenvalue weighted by atomic mass is 32.1. The number of benzene rings is 2. The van der Waals surface area contributed by atoms with Crippen LogP contribution in [-0.2, 0) is 0 Å². The van der Waals surface area contributed by atoms with E-state index in [1.807, 2.05) is 19.9 Å². The van der Waals surface area contributed by atoms with Gasteiger partial charge in [-0.05, 0) is 55.3 Å². The lowest BCUT2D eigenvalue weighted by atomic mass is 10.1. The molecule has 0 spiro atoms. The molecule has 0 fully saturated rings. The van der Waals surface area contributed by atoms with Crippen LogP contribution in [0, 0.1) is 24.2 Å². The highest BCUT2D eigenvalue weighted by molar-refractivity contribution is 7.17. The number of hydrogen-bond donors (Lipinski definition) is 0. The molecule has 0 aliphatic rings. The molecular weight excluding hydrogens is 400 g/mol. The van der Waals surface area contributed by atoms with Crippen molar-refractivity contribution < 1.29 is 19.1 Å². The second-order valence-electron chi connectivity index (χ2n) is 7.04. The van der Waals surface area contributed by atoms with E-state index >= 15 is 0 Å². The number of esters is 1. The van der Waals surface area contributed by atoms with Crippen LogP contribution < -0.4 is 9.47 Å². The van der Waals surface area contributed by atoms with Crippen LogP contribution in [0.5, 0.6) is 11.5 Å². The van der Waals surface area contributed by atoms with E-state index in [0.717, 1.165) is 11.8 Å². The third-order valence-corrected chi connectivity index (χ3v) is 5.31. The maximum atomic E-state index is 12.6. The van der Waals surface area contributed by atoms with E-state index in [1.165, 1.54) is 11.3 Å². The summed E-state index contributed by atoms with van der Waals surface area (Å²) in [5, 5.41) is 10.1. The van der Waals surface area contributed by atoms with Gasteiger partial charge in [-0.3, -0.25) is 4.79 Å². The summed E-state index contributed by atoms with van der Waals surface area (Å²) in [5.74, 6) is 0.702. The highest BCUT2D eigenvalue weighted by Gasteiger charge is 2.19. The molecule has 0 N–H and O–H groups in total. The largest absolute Gasteiger partial charge is 0.492 e. The molecule has 0 aliphatic carbocycles. The van der Waals surface area contributed by atoms with Gasteiger partial charge < -0.3 is 9.47 Å². The SMILES string of the molecule is Cc1nc(-c2ccc(OCC(C)C)c(C#N)c2)sc1C(=O)Oc1ccc(C=O)cc1. The van der Waals surface area contributed by atoms with E-state index in [1.54, 1.807) is 43.3 Å². The van der Waals surface area contributed by atoms with E-state index in [-0.39, 0.29) is 0 Å². The van der Waals surface area contributed by atoms with Gasteiger partial charge >= 0.3 is 5.97 Å². The minimum atomic E-state index is -0.521. The average Bonchev–Trinajstić information content (AvgIpc) is 3.14. The lowest BCUT2D eigenvalue weighted by Crippen LogP contribution is -2.08. The van der Waals surface area contributed by atoms with Crippen molar-refractivity contribution in [2.45, 2.75) is 20.8 Å². The quantitative estimate of drug-likeness (QED) is 0.302. The number of ether oxygens (including phenoxy) is 2. The number of nitriles is 1. The summed E-state index contributed by atoms with van der Waals surface area (Å²) < 4.78 is 11.1. The summed E-state index contributed by atoms with van der Waals surface area (Å²) in [6, 6.07) is 13.7. The Hall–Kier alpha value is -3.50. The Labute approximate surface area is 178 Å². The fraction of sp³-hybridized carbons (Fsp3) is 0.217. The van der Waals surface area contributed by atoms with Crippen LogP contribution in [0.2, 0.25) is 0 Å². The van der Waals surface area contributed by atoms with Crippen molar-refractivity contribution in [2.75, 3.05) is 6.61 Å². The molecule has 0 unspecified atom stereocenters. The van der Waals surface area contributed by atoms with Gasteiger partial charge in [0, 0.05) is 11.1 Å². The third-order valence-electron chi connectivity index (χ3n) is 4.13. The third kappa shape index (κ3) is 4.91. The first-order valence-corrected chi connectivity index (χ1v) is 10.1. The van der Waals surface area contributed by atoms with Crippen LogP contribution in [0.1, 0.15) is 45.1 Å². The van der Waals surface area contributed by atoms with Crippen LogP contribution in [0.25, 0.3) is 10.6 Å². The average molecular weight is 420 g/mol. The number of hydrogen-bond acceptors (Lipinski definition) is 7. The number of carbonyl (C=O) groups is 2. The molecule has 0 aliphatic heterocycles. The van der Waals surface area contributed by atoms with Crippen LogP contribution in [-0.4, -0.2) is 23.8 Å². The van der Waals surface area contributed by atoms with Crippen molar-refractivity contribution >= 4 is 23.6 Å². The maximum absolute atomic E-state index is 12.6. The summed E-state index contributed by atoms with van der Waals surface area (Å²) in [4.78, 5) is 28.2. The predicted molar refractivity (Wildman–Crippen MR) is 114 cm³/mol. The molecule has 0 bridgehead atoms. The monoisotopic (exact) mass is 420 g/mol. The molecule has 0 amide bonds. The molecule has 152 valence electrons.